The van der Waals surface area contributed by atoms with Crippen LogP contribution in [0.15, 0.2) is 0 Å². The Balaban J connectivity index is 1.61. The van der Waals surface area contributed by atoms with Gasteiger partial charge in [-0.05, 0) is 64.7 Å². The summed E-state index contributed by atoms with van der Waals surface area (Å²) in [6.45, 7) is 9.68. The van der Waals surface area contributed by atoms with Gasteiger partial charge in [0.05, 0.1) is 0 Å². The van der Waals surface area contributed by atoms with Gasteiger partial charge in [0.1, 0.15) is 0 Å². The summed E-state index contributed by atoms with van der Waals surface area (Å²) >= 11 is 0. The third kappa shape index (κ3) is 4.73. The van der Waals surface area contributed by atoms with E-state index in [1.807, 2.05) is 0 Å². The third-order valence-electron chi connectivity index (χ3n) is 4.94. The van der Waals surface area contributed by atoms with Crippen molar-refractivity contribution >= 4 is 0 Å². The molecule has 112 valence electrons. The first-order valence-electron chi connectivity index (χ1n) is 8.20. The molecule has 2 rings (SSSR count). The highest BCUT2D eigenvalue weighted by Crippen LogP contribution is 2.35. The second-order valence-electron chi connectivity index (χ2n) is 7.10. The van der Waals surface area contributed by atoms with E-state index in [-0.39, 0.29) is 0 Å². The molecule has 1 saturated heterocycles. The predicted molar refractivity (Wildman–Crippen MR) is 82.5 cm³/mol. The van der Waals surface area contributed by atoms with Gasteiger partial charge in [0.15, 0.2) is 0 Å². The molecule has 0 aromatic rings. The van der Waals surface area contributed by atoms with Gasteiger partial charge in [-0.3, -0.25) is 0 Å². The third-order valence-corrected chi connectivity index (χ3v) is 4.94. The average Bonchev–Trinajstić information content (AvgIpc) is 3.19. The van der Waals surface area contributed by atoms with Gasteiger partial charge in [-0.25, -0.2) is 0 Å². The second-order valence-corrected chi connectivity index (χ2v) is 7.10. The molecule has 0 aromatic carbocycles. The summed E-state index contributed by atoms with van der Waals surface area (Å²) in [5.41, 5.74) is 0. The number of hydrogen-bond acceptors (Lipinski definition) is 3. The molecule has 3 nitrogen and oxygen atoms in total. The van der Waals surface area contributed by atoms with E-state index in [2.05, 4.69) is 43.1 Å². The summed E-state index contributed by atoms with van der Waals surface area (Å²) in [6, 6.07) is 1.57. The summed E-state index contributed by atoms with van der Waals surface area (Å²) in [6.07, 6.45) is 5.57. The zero-order valence-electron chi connectivity index (χ0n) is 13.4. The Morgan fingerprint density at radius 2 is 1.74 bits per heavy atom. The van der Waals surface area contributed by atoms with E-state index in [1.165, 1.54) is 51.9 Å². The standard InChI is InChI=1S/C16H33N3/c1-13(2)16(14-5-6-14)17-9-12-19-10-7-15(8-11-19)18(3)4/h13-17H,5-12H2,1-4H3/t16-/m1/s1. The fourth-order valence-corrected chi connectivity index (χ4v) is 3.45. The van der Waals surface area contributed by atoms with E-state index in [0.717, 1.165) is 23.9 Å². The van der Waals surface area contributed by atoms with Crippen molar-refractivity contribution < 1.29 is 0 Å². The Hall–Kier alpha value is -0.120. The van der Waals surface area contributed by atoms with Crippen LogP contribution in [0.3, 0.4) is 0 Å². The van der Waals surface area contributed by atoms with Crippen LogP contribution in [0, 0.1) is 11.8 Å². The molecule has 1 heterocycles. The minimum absolute atomic E-state index is 0.763. The van der Waals surface area contributed by atoms with Crippen molar-refractivity contribution in [2.24, 2.45) is 11.8 Å². The average molecular weight is 267 g/mol. The van der Waals surface area contributed by atoms with E-state index in [9.17, 15) is 0 Å². The Labute approximate surface area is 119 Å². The minimum Gasteiger partial charge on any atom is -0.312 e. The Bertz CT molecular complexity index is 251. The molecular formula is C16H33N3. The lowest BCUT2D eigenvalue weighted by molar-refractivity contribution is 0.143. The fourth-order valence-electron chi connectivity index (χ4n) is 3.45. The molecule has 1 saturated carbocycles. The zero-order valence-corrected chi connectivity index (χ0v) is 13.4. The van der Waals surface area contributed by atoms with Crippen LogP contribution in [0.2, 0.25) is 0 Å². The number of likely N-dealkylation sites (tertiary alicyclic amines) is 1. The molecule has 1 N–H and O–H groups in total. The van der Waals surface area contributed by atoms with Crippen molar-refractivity contribution in [1.82, 2.24) is 15.1 Å². The second kappa shape index (κ2) is 7.05. The molecule has 0 aromatic heterocycles. The molecule has 1 atom stereocenters. The lowest BCUT2D eigenvalue weighted by atomic mass is 9.99. The first-order valence-corrected chi connectivity index (χ1v) is 8.20. The van der Waals surface area contributed by atoms with Crippen molar-refractivity contribution in [3.63, 3.8) is 0 Å². The number of nitrogens with zero attached hydrogens (tertiary/aromatic N) is 2. The van der Waals surface area contributed by atoms with E-state index in [4.69, 9.17) is 0 Å². The van der Waals surface area contributed by atoms with E-state index in [1.54, 1.807) is 0 Å². The van der Waals surface area contributed by atoms with Crippen molar-refractivity contribution in [2.75, 3.05) is 40.3 Å². The Morgan fingerprint density at radius 3 is 2.21 bits per heavy atom. The van der Waals surface area contributed by atoms with E-state index < -0.39 is 0 Å². The van der Waals surface area contributed by atoms with Gasteiger partial charge in [0.25, 0.3) is 0 Å². The Kier molecular flexibility index (Phi) is 5.67. The minimum atomic E-state index is 0.763. The van der Waals surface area contributed by atoms with Crippen LogP contribution in [0.5, 0.6) is 0 Å². The SMILES string of the molecule is CC(C)[C@@H](NCCN1CCC(N(C)C)CC1)C1CC1. The van der Waals surface area contributed by atoms with Crippen LogP contribution in [-0.2, 0) is 0 Å². The molecule has 19 heavy (non-hydrogen) atoms. The van der Waals surface area contributed by atoms with Gasteiger partial charge >= 0.3 is 0 Å². The first kappa shape index (κ1) is 15.3. The molecular weight excluding hydrogens is 234 g/mol. The van der Waals surface area contributed by atoms with Crippen LogP contribution < -0.4 is 5.32 Å². The molecule has 0 amide bonds. The lowest BCUT2D eigenvalue weighted by Gasteiger charge is -2.35. The molecule has 2 fully saturated rings. The van der Waals surface area contributed by atoms with Crippen LogP contribution in [0.25, 0.3) is 0 Å². The first-order chi connectivity index (χ1) is 9.08. The van der Waals surface area contributed by atoms with Crippen molar-refractivity contribution in [2.45, 2.75) is 51.6 Å². The van der Waals surface area contributed by atoms with Gasteiger partial charge < -0.3 is 15.1 Å². The molecule has 1 aliphatic heterocycles. The lowest BCUT2D eigenvalue weighted by Crippen LogP contribution is -2.46. The topological polar surface area (TPSA) is 18.5 Å². The molecule has 3 heteroatoms. The van der Waals surface area contributed by atoms with Crippen molar-refractivity contribution in [3.05, 3.63) is 0 Å². The fraction of sp³-hybridized carbons (Fsp3) is 1.00. The zero-order chi connectivity index (χ0) is 13.8. The predicted octanol–water partition coefficient (Wildman–Crippen LogP) is 2.04. The summed E-state index contributed by atoms with van der Waals surface area (Å²) in [5, 5.41) is 3.81. The maximum Gasteiger partial charge on any atom is 0.0119 e. The molecule has 2 aliphatic rings. The molecule has 0 bridgehead atoms. The van der Waals surface area contributed by atoms with Crippen LogP contribution >= 0.6 is 0 Å². The number of nitrogens with one attached hydrogen (secondary N) is 1. The number of hydrogen-bond donors (Lipinski definition) is 1. The van der Waals surface area contributed by atoms with Crippen LogP contribution in [0.1, 0.15) is 39.5 Å². The molecule has 0 radical (unpaired) electrons. The van der Waals surface area contributed by atoms with E-state index >= 15 is 0 Å². The number of rotatable bonds is 7. The smallest absolute Gasteiger partial charge is 0.0119 e. The molecule has 0 unspecified atom stereocenters. The molecule has 0 spiro atoms. The highest BCUT2D eigenvalue weighted by atomic mass is 15.2. The summed E-state index contributed by atoms with van der Waals surface area (Å²) in [5.74, 6) is 1.76. The highest BCUT2D eigenvalue weighted by Gasteiger charge is 2.32. The van der Waals surface area contributed by atoms with Crippen molar-refractivity contribution in [1.29, 1.82) is 0 Å². The van der Waals surface area contributed by atoms with Gasteiger partial charge in [-0.15, -0.1) is 0 Å². The van der Waals surface area contributed by atoms with E-state index in [0.29, 0.717) is 0 Å². The van der Waals surface area contributed by atoms with Crippen LogP contribution in [-0.4, -0.2) is 62.2 Å². The maximum absolute atomic E-state index is 3.81. The van der Waals surface area contributed by atoms with Crippen molar-refractivity contribution in [3.8, 4) is 0 Å². The largest absolute Gasteiger partial charge is 0.312 e. The quantitative estimate of drug-likeness (QED) is 0.761. The highest BCUT2D eigenvalue weighted by molar-refractivity contribution is 4.88. The number of piperidine rings is 1. The van der Waals surface area contributed by atoms with Gasteiger partial charge in [-0.2, -0.15) is 0 Å². The summed E-state index contributed by atoms with van der Waals surface area (Å²) < 4.78 is 0. The molecule has 1 aliphatic carbocycles. The Morgan fingerprint density at radius 1 is 1.11 bits per heavy atom. The van der Waals surface area contributed by atoms with Gasteiger partial charge in [0.2, 0.25) is 0 Å². The maximum atomic E-state index is 3.81. The van der Waals surface area contributed by atoms with Gasteiger partial charge in [0, 0.05) is 25.2 Å². The normalized spacial score (nSPS) is 24.3. The summed E-state index contributed by atoms with van der Waals surface area (Å²) in [7, 11) is 4.43. The van der Waals surface area contributed by atoms with Gasteiger partial charge in [-0.1, -0.05) is 13.8 Å². The monoisotopic (exact) mass is 267 g/mol. The van der Waals surface area contributed by atoms with Crippen LogP contribution in [0.4, 0.5) is 0 Å². The summed E-state index contributed by atoms with van der Waals surface area (Å²) in [4.78, 5) is 5.02.